The maximum absolute atomic E-state index is 12.0. The van der Waals surface area contributed by atoms with Gasteiger partial charge in [-0.1, -0.05) is 91.6 Å². The SMILES string of the molecule is CCCOCCOCCC(=O)NCCCCC#Cc1cccc(Cn2c(-c3ccccc3)c(-c3ccccc3)c3c(=N)n(C)cnc32)c1.NC=O. The topological polar surface area (TPSA) is 137 Å². The van der Waals surface area contributed by atoms with Crippen molar-refractivity contribution < 1.29 is 19.1 Å². The molecule has 2 heterocycles. The number of amides is 2. The molecule has 0 radical (unpaired) electrons. The Morgan fingerprint density at radius 1 is 0.941 bits per heavy atom. The quantitative estimate of drug-likeness (QED) is 0.0683. The van der Waals surface area contributed by atoms with Gasteiger partial charge in [-0.05, 0) is 48.1 Å². The second kappa shape index (κ2) is 20.9. The van der Waals surface area contributed by atoms with Crippen molar-refractivity contribution in [3.05, 3.63) is 108 Å². The van der Waals surface area contributed by atoms with Crippen LogP contribution in [0.1, 0.15) is 50.2 Å². The van der Waals surface area contributed by atoms with Crippen LogP contribution in [0, 0.1) is 17.3 Å². The van der Waals surface area contributed by atoms with Crippen molar-refractivity contribution >= 4 is 23.4 Å². The Morgan fingerprint density at radius 3 is 2.33 bits per heavy atom. The van der Waals surface area contributed by atoms with Crippen LogP contribution in [0.4, 0.5) is 0 Å². The lowest BCUT2D eigenvalue weighted by atomic mass is 9.99. The molecule has 0 atom stereocenters. The number of unbranched alkanes of at least 4 members (excludes halogenated alkanes) is 2. The minimum absolute atomic E-state index is 0.0113. The number of carbonyl (C=O) groups is 2. The molecule has 0 aliphatic carbocycles. The number of nitrogens with two attached hydrogens (primary N) is 1. The Kier molecular flexibility index (Phi) is 15.7. The average molecular weight is 689 g/mol. The predicted octanol–water partition coefficient (Wildman–Crippen LogP) is 5.81. The Hall–Kier alpha value is -5.50. The predicted molar refractivity (Wildman–Crippen MR) is 202 cm³/mol. The number of ether oxygens (including phenoxy) is 2. The van der Waals surface area contributed by atoms with E-state index in [-0.39, 0.29) is 12.3 Å². The summed E-state index contributed by atoms with van der Waals surface area (Å²) in [6.07, 6.45) is 5.87. The number of fused-ring (bicyclic) bond motifs is 1. The Bertz CT molecular complexity index is 1960. The summed E-state index contributed by atoms with van der Waals surface area (Å²) < 4.78 is 14.8. The number of carbonyl (C=O) groups excluding carboxylic acids is 2. The van der Waals surface area contributed by atoms with Crippen LogP contribution in [-0.4, -0.2) is 59.4 Å². The number of benzene rings is 3. The summed E-state index contributed by atoms with van der Waals surface area (Å²) in [5.41, 5.74) is 11.6. The molecular weight excluding hydrogens is 640 g/mol. The van der Waals surface area contributed by atoms with E-state index in [0.29, 0.717) is 44.8 Å². The number of rotatable bonds is 16. The van der Waals surface area contributed by atoms with Gasteiger partial charge in [-0.2, -0.15) is 0 Å². The lowest BCUT2D eigenvalue weighted by molar-refractivity contribution is -0.122. The minimum Gasteiger partial charge on any atom is -0.379 e. The zero-order valence-corrected chi connectivity index (χ0v) is 29.6. The number of hydrogen-bond acceptors (Lipinski definition) is 6. The first kappa shape index (κ1) is 38.3. The fourth-order valence-corrected chi connectivity index (χ4v) is 5.66. The molecule has 0 saturated heterocycles. The molecular formula is C41H48N6O4. The molecule has 10 nitrogen and oxygen atoms in total. The molecule has 2 aromatic heterocycles. The van der Waals surface area contributed by atoms with E-state index in [9.17, 15) is 4.79 Å². The zero-order chi connectivity index (χ0) is 36.3. The van der Waals surface area contributed by atoms with E-state index in [1.54, 1.807) is 10.9 Å². The van der Waals surface area contributed by atoms with Crippen LogP contribution in [0.5, 0.6) is 0 Å². The van der Waals surface area contributed by atoms with Gasteiger partial charge in [0.05, 0.1) is 37.2 Å². The fraction of sp³-hybridized carbons (Fsp3) is 0.317. The molecule has 5 rings (SSSR count). The smallest absolute Gasteiger partial charge is 0.222 e. The molecule has 4 N–H and O–H groups in total. The molecule has 0 unspecified atom stereocenters. The summed E-state index contributed by atoms with van der Waals surface area (Å²) in [5, 5.41) is 12.8. The molecule has 51 heavy (non-hydrogen) atoms. The highest BCUT2D eigenvalue weighted by Crippen LogP contribution is 2.39. The third-order valence-corrected chi connectivity index (χ3v) is 8.03. The Balaban J connectivity index is 0.00000188. The van der Waals surface area contributed by atoms with Crippen molar-refractivity contribution in [3.63, 3.8) is 0 Å². The molecule has 0 saturated carbocycles. The molecule has 5 aromatic rings. The number of hydrogen-bond donors (Lipinski definition) is 3. The van der Waals surface area contributed by atoms with Gasteiger partial charge in [-0.3, -0.25) is 15.0 Å². The summed E-state index contributed by atoms with van der Waals surface area (Å²) >= 11 is 0. The molecule has 0 aliphatic rings. The molecule has 0 aliphatic heterocycles. The van der Waals surface area contributed by atoms with E-state index in [2.05, 4.69) is 70.8 Å². The number of nitrogens with one attached hydrogen (secondary N) is 2. The van der Waals surface area contributed by atoms with Gasteiger partial charge in [0.15, 0.2) is 0 Å². The molecule has 0 fully saturated rings. The van der Waals surface area contributed by atoms with Gasteiger partial charge in [-0.15, -0.1) is 0 Å². The third-order valence-electron chi connectivity index (χ3n) is 8.03. The summed E-state index contributed by atoms with van der Waals surface area (Å²) in [6, 6.07) is 29.0. The van der Waals surface area contributed by atoms with Crippen molar-refractivity contribution in [1.29, 1.82) is 5.41 Å². The minimum atomic E-state index is 0.0113. The van der Waals surface area contributed by atoms with Gasteiger partial charge in [0.1, 0.15) is 11.1 Å². The first-order chi connectivity index (χ1) is 25.0. The molecule has 2 amide bonds. The zero-order valence-electron chi connectivity index (χ0n) is 29.6. The van der Waals surface area contributed by atoms with Crippen molar-refractivity contribution in [3.8, 4) is 34.2 Å². The lowest BCUT2D eigenvalue weighted by Crippen LogP contribution is -2.25. The monoisotopic (exact) mass is 688 g/mol. The van der Waals surface area contributed by atoms with Crippen LogP contribution < -0.4 is 16.5 Å². The standard InChI is InChI=1S/C40H45N5O3.CH3NO/c1-3-24-47-26-27-48-25-22-35(46)42-23-13-5-4-8-15-31-16-14-17-32(28-31)29-45-38(34-20-11-7-12-21-34)36(33-18-9-6-10-19-33)37-39(41)44(2)30-43-40(37)45;2-1-3/h6-7,9-12,14,16-21,28,30,41H,3-5,13,22-27,29H2,1-2H3,(H,42,46);1H,(H2,2,3). The van der Waals surface area contributed by atoms with Crippen molar-refractivity contribution in [2.45, 2.75) is 45.6 Å². The second-order valence-electron chi connectivity index (χ2n) is 11.9. The largest absolute Gasteiger partial charge is 0.379 e. The maximum atomic E-state index is 12.0. The van der Waals surface area contributed by atoms with E-state index in [1.807, 2.05) is 55.6 Å². The second-order valence-corrected chi connectivity index (χ2v) is 11.9. The van der Waals surface area contributed by atoms with E-state index in [0.717, 1.165) is 76.8 Å². The Labute approximate surface area is 300 Å². The first-order valence-electron chi connectivity index (χ1n) is 17.4. The van der Waals surface area contributed by atoms with Gasteiger partial charge < -0.3 is 29.7 Å². The summed E-state index contributed by atoms with van der Waals surface area (Å²) in [5.74, 6) is 6.65. The molecule has 0 bridgehead atoms. The third kappa shape index (κ3) is 11.3. The normalized spacial score (nSPS) is 10.5. The van der Waals surface area contributed by atoms with E-state index >= 15 is 0 Å². The summed E-state index contributed by atoms with van der Waals surface area (Å²) in [4.78, 5) is 25.5. The van der Waals surface area contributed by atoms with Crippen molar-refractivity contribution in [2.75, 3.05) is 33.0 Å². The van der Waals surface area contributed by atoms with Gasteiger partial charge in [0, 0.05) is 50.7 Å². The van der Waals surface area contributed by atoms with E-state index in [1.165, 1.54) is 0 Å². The van der Waals surface area contributed by atoms with Gasteiger partial charge in [0.2, 0.25) is 12.3 Å². The average Bonchev–Trinajstić information content (AvgIpc) is 3.47. The summed E-state index contributed by atoms with van der Waals surface area (Å²) in [6.45, 7) is 5.53. The van der Waals surface area contributed by atoms with E-state index < -0.39 is 0 Å². The Morgan fingerprint density at radius 2 is 1.63 bits per heavy atom. The molecule has 10 heteroatoms. The van der Waals surface area contributed by atoms with Gasteiger partial charge >= 0.3 is 0 Å². The van der Waals surface area contributed by atoms with E-state index in [4.69, 9.17) is 24.7 Å². The van der Waals surface area contributed by atoms with Crippen LogP contribution >= 0.6 is 0 Å². The van der Waals surface area contributed by atoms with Crippen molar-refractivity contribution in [2.24, 2.45) is 12.8 Å². The first-order valence-corrected chi connectivity index (χ1v) is 17.4. The number of aromatic nitrogens is 3. The highest BCUT2D eigenvalue weighted by atomic mass is 16.5. The van der Waals surface area contributed by atoms with Gasteiger partial charge in [0.25, 0.3) is 0 Å². The molecule has 0 spiro atoms. The van der Waals surface area contributed by atoms with Crippen LogP contribution in [0.25, 0.3) is 33.4 Å². The fourth-order valence-electron chi connectivity index (χ4n) is 5.66. The molecule has 266 valence electrons. The maximum Gasteiger partial charge on any atom is 0.222 e. The van der Waals surface area contributed by atoms with Crippen LogP contribution in [0.15, 0.2) is 91.3 Å². The highest BCUT2D eigenvalue weighted by molar-refractivity contribution is 6.02. The number of nitrogens with zero attached hydrogens (tertiary/aromatic N) is 3. The van der Waals surface area contributed by atoms with Crippen LogP contribution in [-0.2, 0) is 32.7 Å². The summed E-state index contributed by atoms with van der Waals surface area (Å²) in [7, 11) is 1.87. The number of aryl methyl sites for hydroxylation is 1. The number of primary amides is 1. The van der Waals surface area contributed by atoms with Gasteiger partial charge in [-0.25, -0.2) is 4.98 Å². The molecule has 3 aromatic carbocycles. The lowest BCUT2D eigenvalue weighted by Gasteiger charge is -2.13. The highest BCUT2D eigenvalue weighted by Gasteiger charge is 2.23. The van der Waals surface area contributed by atoms with Crippen LogP contribution in [0.2, 0.25) is 0 Å². The van der Waals surface area contributed by atoms with Crippen molar-refractivity contribution in [1.82, 2.24) is 19.4 Å². The van der Waals surface area contributed by atoms with Crippen LogP contribution in [0.3, 0.4) is 0 Å².